The highest BCUT2D eigenvalue weighted by Crippen LogP contribution is 2.50. The lowest BCUT2D eigenvalue weighted by molar-refractivity contribution is 0.210. The van der Waals surface area contributed by atoms with Crippen molar-refractivity contribution in [2.75, 3.05) is 0 Å². The summed E-state index contributed by atoms with van der Waals surface area (Å²) >= 11 is 6.60. The van der Waals surface area contributed by atoms with Crippen LogP contribution in [0.1, 0.15) is 49.4 Å². The Balaban J connectivity index is 2.33. The second kappa shape index (κ2) is 5.58. The van der Waals surface area contributed by atoms with Gasteiger partial charge in [0.2, 0.25) is 0 Å². The first-order valence-electron chi connectivity index (χ1n) is 6.22. The summed E-state index contributed by atoms with van der Waals surface area (Å²) in [6.07, 6.45) is 5.69. The van der Waals surface area contributed by atoms with E-state index in [0.29, 0.717) is 5.56 Å². The van der Waals surface area contributed by atoms with Crippen LogP contribution in [0.4, 0.5) is 8.78 Å². The minimum atomic E-state index is -0.407. The first-order valence-corrected chi connectivity index (χ1v) is 7.93. The monoisotopic (exact) mass is 380 g/mol. The first-order chi connectivity index (χ1) is 8.44. The van der Waals surface area contributed by atoms with Crippen LogP contribution in [0.3, 0.4) is 0 Å². The SMILES string of the molecule is CC1(C(Br)c2cc(F)c(Br)cc2F)CCCCC1. The maximum atomic E-state index is 14.0. The molecule has 1 aromatic rings. The Morgan fingerprint density at radius 2 is 1.72 bits per heavy atom. The van der Waals surface area contributed by atoms with E-state index in [-0.39, 0.29) is 20.5 Å². The highest BCUT2D eigenvalue weighted by Gasteiger charge is 2.36. The summed E-state index contributed by atoms with van der Waals surface area (Å²) in [6, 6.07) is 2.52. The van der Waals surface area contributed by atoms with E-state index in [1.165, 1.54) is 31.4 Å². The molecule has 1 fully saturated rings. The van der Waals surface area contributed by atoms with Crippen molar-refractivity contribution in [3.8, 4) is 0 Å². The highest BCUT2D eigenvalue weighted by molar-refractivity contribution is 9.10. The topological polar surface area (TPSA) is 0 Å². The molecule has 0 bridgehead atoms. The average molecular weight is 382 g/mol. The number of alkyl halides is 1. The summed E-state index contributed by atoms with van der Waals surface area (Å²) in [5, 5.41) is 0. The van der Waals surface area contributed by atoms with Gasteiger partial charge < -0.3 is 0 Å². The van der Waals surface area contributed by atoms with Crippen molar-refractivity contribution in [3.63, 3.8) is 0 Å². The molecule has 18 heavy (non-hydrogen) atoms. The minimum Gasteiger partial charge on any atom is -0.207 e. The van der Waals surface area contributed by atoms with E-state index < -0.39 is 5.82 Å². The van der Waals surface area contributed by atoms with Crippen molar-refractivity contribution >= 4 is 31.9 Å². The first kappa shape index (κ1) is 14.4. The van der Waals surface area contributed by atoms with Crippen LogP contribution in [0.2, 0.25) is 0 Å². The van der Waals surface area contributed by atoms with Gasteiger partial charge in [-0.2, -0.15) is 0 Å². The fourth-order valence-corrected chi connectivity index (χ4v) is 3.84. The summed E-state index contributed by atoms with van der Waals surface area (Å²) < 4.78 is 27.7. The van der Waals surface area contributed by atoms with Crippen LogP contribution < -0.4 is 0 Å². The molecule has 0 saturated heterocycles. The fraction of sp³-hybridized carbons (Fsp3) is 0.571. The molecule has 0 radical (unpaired) electrons. The van der Waals surface area contributed by atoms with E-state index in [0.717, 1.165) is 12.8 Å². The Labute approximate surface area is 123 Å². The van der Waals surface area contributed by atoms with Crippen LogP contribution in [-0.2, 0) is 0 Å². The molecule has 1 unspecified atom stereocenters. The van der Waals surface area contributed by atoms with Gasteiger partial charge in [0.15, 0.2) is 0 Å². The molecule has 4 heteroatoms. The Morgan fingerprint density at radius 1 is 1.11 bits per heavy atom. The lowest BCUT2D eigenvalue weighted by atomic mass is 9.72. The predicted octanol–water partition coefficient (Wildman–Crippen LogP) is 6.13. The number of benzene rings is 1. The molecule has 1 aliphatic carbocycles. The molecule has 0 spiro atoms. The lowest BCUT2D eigenvalue weighted by Gasteiger charge is -2.38. The van der Waals surface area contributed by atoms with Crippen LogP contribution in [0, 0.1) is 17.0 Å². The molecule has 1 aromatic carbocycles. The molecule has 0 amide bonds. The van der Waals surface area contributed by atoms with Gasteiger partial charge in [-0.3, -0.25) is 0 Å². The van der Waals surface area contributed by atoms with Gasteiger partial charge in [-0.05, 0) is 46.3 Å². The molecule has 1 aliphatic rings. The van der Waals surface area contributed by atoms with E-state index in [1.807, 2.05) is 0 Å². The Morgan fingerprint density at radius 3 is 2.33 bits per heavy atom. The zero-order chi connectivity index (χ0) is 13.3. The van der Waals surface area contributed by atoms with Crippen LogP contribution in [-0.4, -0.2) is 0 Å². The van der Waals surface area contributed by atoms with Crippen LogP contribution in [0.15, 0.2) is 16.6 Å². The summed E-state index contributed by atoms with van der Waals surface area (Å²) in [7, 11) is 0. The standard InChI is InChI=1S/C14H16Br2F2/c1-14(5-3-2-4-6-14)13(16)9-7-12(18)10(15)8-11(9)17/h7-8,13H,2-6H2,1H3. The van der Waals surface area contributed by atoms with E-state index in [9.17, 15) is 8.78 Å². The maximum absolute atomic E-state index is 14.0. The van der Waals surface area contributed by atoms with Gasteiger partial charge in [-0.1, -0.05) is 42.1 Å². The van der Waals surface area contributed by atoms with E-state index in [2.05, 4.69) is 38.8 Å². The Kier molecular flexibility index (Phi) is 4.48. The molecule has 0 aliphatic heterocycles. The normalized spacial score (nSPS) is 20.7. The van der Waals surface area contributed by atoms with Crippen molar-refractivity contribution in [3.05, 3.63) is 33.8 Å². The van der Waals surface area contributed by atoms with Crippen LogP contribution >= 0.6 is 31.9 Å². The molecule has 100 valence electrons. The second-order valence-corrected chi connectivity index (χ2v) is 7.14. The number of hydrogen-bond acceptors (Lipinski definition) is 0. The molecule has 0 heterocycles. The Hall–Kier alpha value is 0.0400. The smallest absolute Gasteiger partial charge is 0.137 e. The van der Waals surface area contributed by atoms with Crippen molar-refractivity contribution in [1.29, 1.82) is 0 Å². The van der Waals surface area contributed by atoms with E-state index >= 15 is 0 Å². The zero-order valence-corrected chi connectivity index (χ0v) is 13.5. The van der Waals surface area contributed by atoms with Gasteiger partial charge in [0.1, 0.15) is 11.6 Å². The van der Waals surface area contributed by atoms with Gasteiger partial charge >= 0.3 is 0 Å². The van der Waals surface area contributed by atoms with E-state index in [4.69, 9.17) is 0 Å². The third kappa shape index (κ3) is 2.79. The summed E-state index contributed by atoms with van der Waals surface area (Å²) in [6.45, 7) is 2.16. The van der Waals surface area contributed by atoms with Crippen molar-refractivity contribution < 1.29 is 8.78 Å². The molecule has 1 saturated carbocycles. The quantitative estimate of drug-likeness (QED) is 0.426. The highest BCUT2D eigenvalue weighted by atomic mass is 79.9. The van der Waals surface area contributed by atoms with Gasteiger partial charge in [-0.15, -0.1) is 0 Å². The molecular weight excluding hydrogens is 366 g/mol. The van der Waals surface area contributed by atoms with Gasteiger partial charge in [0, 0.05) is 10.4 Å². The average Bonchev–Trinajstić information content (AvgIpc) is 2.34. The second-order valence-electron chi connectivity index (χ2n) is 5.37. The fourth-order valence-electron chi connectivity index (χ4n) is 2.72. The zero-order valence-electron chi connectivity index (χ0n) is 10.3. The summed E-state index contributed by atoms with van der Waals surface area (Å²) in [5.74, 6) is -0.757. The number of halogens is 4. The van der Waals surface area contributed by atoms with E-state index in [1.54, 1.807) is 0 Å². The maximum Gasteiger partial charge on any atom is 0.137 e. The molecule has 0 N–H and O–H groups in total. The Bertz CT molecular complexity index is 440. The summed E-state index contributed by atoms with van der Waals surface area (Å²) in [4.78, 5) is -0.132. The molecule has 1 atom stereocenters. The van der Waals surface area contributed by atoms with Crippen LogP contribution in [0.25, 0.3) is 0 Å². The van der Waals surface area contributed by atoms with Gasteiger partial charge in [0.05, 0.1) is 4.47 Å². The molecular formula is C14H16Br2F2. The third-order valence-electron chi connectivity index (χ3n) is 3.92. The van der Waals surface area contributed by atoms with Crippen molar-refractivity contribution in [1.82, 2.24) is 0 Å². The number of rotatable bonds is 2. The van der Waals surface area contributed by atoms with Crippen LogP contribution in [0.5, 0.6) is 0 Å². The molecule has 2 rings (SSSR count). The van der Waals surface area contributed by atoms with Crippen molar-refractivity contribution in [2.45, 2.75) is 43.9 Å². The minimum absolute atomic E-state index is 0.0133. The predicted molar refractivity (Wildman–Crippen MR) is 76.9 cm³/mol. The van der Waals surface area contributed by atoms with Crippen molar-refractivity contribution in [2.24, 2.45) is 5.41 Å². The largest absolute Gasteiger partial charge is 0.207 e. The third-order valence-corrected chi connectivity index (χ3v) is 6.13. The lowest BCUT2D eigenvalue weighted by Crippen LogP contribution is -2.25. The summed E-state index contributed by atoms with van der Waals surface area (Å²) in [5.41, 5.74) is 0.444. The number of hydrogen-bond donors (Lipinski definition) is 0. The molecule has 0 nitrogen and oxygen atoms in total. The molecule has 0 aromatic heterocycles. The van der Waals surface area contributed by atoms with Gasteiger partial charge in [-0.25, -0.2) is 8.78 Å². The van der Waals surface area contributed by atoms with Gasteiger partial charge in [0.25, 0.3) is 0 Å².